The minimum Gasteiger partial charge on any atom is -0.341 e. The monoisotopic (exact) mass is 396 g/mol. The van der Waals surface area contributed by atoms with Crippen LogP contribution in [0.15, 0.2) is 48.5 Å². The molecule has 2 aromatic rings. The van der Waals surface area contributed by atoms with Crippen molar-refractivity contribution in [3.05, 3.63) is 65.2 Å². The molecule has 0 fully saturated rings. The molecule has 0 aromatic heterocycles. The number of Topliss-reactive ketones (excluding diaryl/α,β-unsaturated/α-hetero) is 1. The zero-order valence-corrected chi connectivity index (χ0v) is 17.5. The van der Waals surface area contributed by atoms with E-state index in [2.05, 4.69) is 10.6 Å². The molecule has 2 atom stereocenters. The maximum atomic E-state index is 12.4. The lowest BCUT2D eigenvalue weighted by Gasteiger charge is -2.19. The molecule has 2 aromatic carbocycles. The highest BCUT2D eigenvalue weighted by atomic mass is 16.2. The van der Waals surface area contributed by atoms with E-state index >= 15 is 0 Å². The third-order valence-corrected chi connectivity index (χ3v) is 4.78. The molecule has 0 aliphatic carbocycles. The Hall–Kier alpha value is -2.99. The van der Waals surface area contributed by atoms with Gasteiger partial charge in [0.2, 0.25) is 0 Å². The summed E-state index contributed by atoms with van der Waals surface area (Å²) in [6, 6.07) is 14.8. The Morgan fingerprint density at radius 2 is 1.48 bits per heavy atom. The number of para-hydroxylation sites is 1. The number of nitrogens with one attached hydrogen (secondary N) is 3. The number of hydrogen-bond acceptors (Lipinski definition) is 3. The van der Waals surface area contributed by atoms with Crippen LogP contribution in [0.25, 0.3) is 0 Å². The number of anilines is 1. The molecule has 0 radical (unpaired) electrons. The van der Waals surface area contributed by atoms with Gasteiger partial charge in [0.15, 0.2) is 18.9 Å². The largest absolute Gasteiger partial charge is 0.341 e. The van der Waals surface area contributed by atoms with Gasteiger partial charge in [-0.05, 0) is 43.9 Å². The van der Waals surface area contributed by atoms with Crippen LogP contribution in [0.2, 0.25) is 0 Å². The fourth-order valence-electron chi connectivity index (χ4n) is 3.20. The number of ketones is 1. The average molecular weight is 397 g/mol. The summed E-state index contributed by atoms with van der Waals surface area (Å²) in [6.45, 7) is 5.63. The number of aryl methyl sites for hydroxylation is 2. The maximum Gasteiger partial charge on any atom is 0.279 e. The summed E-state index contributed by atoms with van der Waals surface area (Å²) in [5.41, 5.74) is 3.80. The lowest BCUT2D eigenvalue weighted by molar-refractivity contribution is -0.862. The minimum absolute atomic E-state index is 0.0902. The summed E-state index contributed by atoms with van der Waals surface area (Å²) in [5.74, 6) is -0.494. The van der Waals surface area contributed by atoms with Crippen LogP contribution in [-0.2, 0) is 20.8 Å². The van der Waals surface area contributed by atoms with Gasteiger partial charge in [-0.25, -0.2) is 0 Å². The van der Waals surface area contributed by atoms with E-state index in [1.54, 1.807) is 7.05 Å². The highest BCUT2D eigenvalue weighted by Crippen LogP contribution is 2.18. The summed E-state index contributed by atoms with van der Waals surface area (Å²) in [4.78, 5) is 37.4. The van der Waals surface area contributed by atoms with Crippen LogP contribution >= 0.6 is 0 Å². The summed E-state index contributed by atoms with van der Waals surface area (Å²) >= 11 is 0. The number of benzene rings is 2. The molecule has 0 heterocycles. The predicted molar refractivity (Wildman–Crippen MR) is 114 cm³/mol. The first-order chi connectivity index (χ1) is 13.8. The van der Waals surface area contributed by atoms with Crippen LogP contribution < -0.4 is 15.5 Å². The van der Waals surface area contributed by atoms with Gasteiger partial charge >= 0.3 is 0 Å². The first-order valence-electron chi connectivity index (χ1n) is 9.77. The Labute approximate surface area is 172 Å². The van der Waals surface area contributed by atoms with E-state index in [0.717, 1.165) is 27.3 Å². The van der Waals surface area contributed by atoms with Gasteiger partial charge in [-0.2, -0.15) is 0 Å². The molecular formula is C23H30N3O3+. The number of likely N-dealkylation sites (N-methyl/N-ethyl adjacent to an activating group) is 1. The lowest BCUT2D eigenvalue weighted by atomic mass is 10.0. The molecule has 0 bridgehead atoms. The standard InChI is InChI=1S/C23H29N3O3/c1-16-9-8-10-17(2)23(16)25-22(29)15-26(4)14-21(28)24-20(18(3)27)13-19-11-6-5-7-12-19/h5-12,20H,13-15H2,1-4H3,(H,24,28)(H,25,29)/p+1/t20-/m1/s1. The van der Waals surface area contributed by atoms with E-state index < -0.39 is 6.04 Å². The normalized spacial score (nSPS) is 12.7. The number of quaternary nitrogens is 1. The van der Waals surface area contributed by atoms with Gasteiger partial charge in [0.1, 0.15) is 0 Å². The van der Waals surface area contributed by atoms with Crippen LogP contribution in [0.5, 0.6) is 0 Å². The lowest BCUT2D eigenvalue weighted by Crippen LogP contribution is -3.11. The zero-order chi connectivity index (χ0) is 21.4. The number of hydrogen-bond donors (Lipinski definition) is 3. The molecule has 6 nitrogen and oxygen atoms in total. The van der Waals surface area contributed by atoms with Crippen molar-refractivity contribution < 1.29 is 19.3 Å². The topological polar surface area (TPSA) is 79.7 Å². The third kappa shape index (κ3) is 7.16. The predicted octanol–water partition coefficient (Wildman–Crippen LogP) is 1.07. The second kappa shape index (κ2) is 10.5. The van der Waals surface area contributed by atoms with E-state index in [4.69, 9.17) is 0 Å². The van der Waals surface area contributed by atoms with Crippen molar-refractivity contribution in [2.75, 3.05) is 25.5 Å². The van der Waals surface area contributed by atoms with Crippen LogP contribution in [0.3, 0.4) is 0 Å². The quantitative estimate of drug-likeness (QED) is 0.593. The minimum atomic E-state index is -0.568. The number of rotatable bonds is 9. The van der Waals surface area contributed by atoms with Crippen molar-refractivity contribution >= 4 is 23.3 Å². The molecule has 0 saturated heterocycles. The first-order valence-corrected chi connectivity index (χ1v) is 9.77. The van der Waals surface area contributed by atoms with Gasteiger partial charge < -0.3 is 15.5 Å². The van der Waals surface area contributed by atoms with Crippen molar-refractivity contribution in [1.29, 1.82) is 0 Å². The maximum absolute atomic E-state index is 12.4. The highest BCUT2D eigenvalue weighted by Gasteiger charge is 2.21. The van der Waals surface area contributed by atoms with Gasteiger partial charge in [-0.3, -0.25) is 14.4 Å². The van der Waals surface area contributed by atoms with Crippen LogP contribution in [0, 0.1) is 13.8 Å². The number of carbonyl (C=O) groups excluding carboxylic acids is 3. The first kappa shape index (κ1) is 22.3. The summed E-state index contributed by atoms with van der Waals surface area (Å²) in [5, 5.41) is 5.72. The SMILES string of the molecule is CC(=O)[C@@H](Cc1ccccc1)NC(=O)C[NH+](C)CC(=O)Nc1c(C)cccc1C. The van der Waals surface area contributed by atoms with Gasteiger partial charge in [0.05, 0.1) is 13.1 Å². The van der Waals surface area contributed by atoms with E-state index in [1.807, 2.05) is 62.4 Å². The molecular weight excluding hydrogens is 366 g/mol. The Kier molecular flexibility index (Phi) is 8.09. The van der Waals surface area contributed by atoms with E-state index in [9.17, 15) is 14.4 Å². The van der Waals surface area contributed by atoms with Crippen molar-refractivity contribution in [2.24, 2.45) is 0 Å². The fraction of sp³-hybridized carbons (Fsp3) is 0.348. The molecule has 154 valence electrons. The summed E-state index contributed by atoms with van der Waals surface area (Å²) < 4.78 is 0. The average Bonchev–Trinajstić information content (AvgIpc) is 2.65. The summed E-state index contributed by atoms with van der Waals surface area (Å²) in [7, 11) is 1.78. The molecule has 2 amide bonds. The Morgan fingerprint density at radius 3 is 2.07 bits per heavy atom. The molecule has 1 unspecified atom stereocenters. The Morgan fingerprint density at radius 1 is 0.897 bits per heavy atom. The van der Waals surface area contributed by atoms with Crippen LogP contribution in [0.1, 0.15) is 23.6 Å². The Bertz CT molecular complexity index is 845. The van der Waals surface area contributed by atoms with Crippen LogP contribution in [0.4, 0.5) is 5.69 Å². The van der Waals surface area contributed by atoms with E-state index in [0.29, 0.717) is 6.42 Å². The molecule has 3 N–H and O–H groups in total. The van der Waals surface area contributed by atoms with Crippen molar-refractivity contribution in [1.82, 2.24) is 5.32 Å². The number of amides is 2. The molecule has 0 spiro atoms. The number of carbonyl (C=O) groups is 3. The van der Waals surface area contributed by atoms with Crippen LogP contribution in [-0.4, -0.2) is 43.8 Å². The fourth-order valence-corrected chi connectivity index (χ4v) is 3.20. The summed E-state index contributed by atoms with van der Waals surface area (Å²) in [6.07, 6.45) is 0.452. The van der Waals surface area contributed by atoms with Gasteiger partial charge in [-0.15, -0.1) is 0 Å². The highest BCUT2D eigenvalue weighted by molar-refractivity contribution is 5.93. The van der Waals surface area contributed by atoms with Crippen molar-refractivity contribution in [3.63, 3.8) is 0 Å². The van der Waals surface area contributed by atoms with Gasteiger partial charge in [0, 0.05) is 5.69 Å². The molecule has 0 aliphatic rings. The second-order valence-corrected chi connectivity index (χ2v) is 7.55. The van der Waals surface area contributed by atoms with Gasteiger partial charge in [-0.1, -0.05) is 48.5 Å². The van der Waals surface area contributed by atoms with Gasteiger partial charge in [0.25, 0.3) is 11.8 Å². The third-order valence-electron chi connectivity index (χ3n) is 4.78. The second-order valence-electron chi connectivity index (χ2n) is 7.55. The Balaban J connectivity index is 1.87. The smallest absolute Gasteiger partial charge is 0.279 e. The van der Waals surface area contributed by atoms with E-state index in [1.165, 1.54) is 6.92 Å². The zero-order valence-electron chi connectivity index (χ0n) is 17.5. The molecule has 6 heteroatoms. The molecule has 2 rings (SSSR count). The molecule has 0 saturated carbocycles. The molecule has 0 aliphatic heterocycles. The molecule has 29 heavy (non-hydrogen) atoms. The van der Waals surface area contributed by atoms with Crippen molar-refractivity contribution in [3.8, 4) is 0 Å². The van der Waals surface area contributed by atoms with Crippen molar-refractivity contribution in [2.45, 2.75) is 33.2 Å². The van der Waals surface area contributed by atoms with E-state index in [-0.39, 0.29) is 30.7 Å².